The van der Waals surface area contributed by atoms with Gasteiger partial charge in [0.1, 0.15) is 0 Å². The third-order valence-corrected chi connectivity index (χ3v) is 17.4. The minimum Gasteiger partial charge on any atom is -0.394 e. The second kappa shape index (κ2) is 70.9. The molecule has 0 fully saturated rings. The van der Waals surface area contributed by atoms with Crippen molar-refractivity contribution in [3.63, 3.8) is 0 Å². The summed E-state index contributed by atoms with van der Waals surface area (Å²) in [6.45, 7) is 4.35. The molecule has 79 heavy (non-hydrogen) atoms. The molecule has 468 valence electrons. The minimum atomic E-state index is -0.871. The number of hydrogen-bond donors (Lipinski definition) is 3. The molecule has 0 saturated carbocycles. The molecule has 1 amide bonds. The van der Waals surface area contributed by atoms with E-state index in [9.17, 15) is 15.0 Å². The van der Waals surface area contributed by atoms with Gasteiger partial charge in [-0.25, -0.2) is 0 Å². The second-order valence-electron chi connectivity index (χ2n) is 25.4. The van der Waals surface area contributed by atoms with E-state index in [1.807, 2.05) is 6.08 Å². The van der Waals surface area contributed by atoms with Crippen LogP contribution in [-0.4, -0.2) is 34.9 Å². The summed E-state index contributed by atoms with van der Waals surface area (Å²) in [5.74, 6) is -0.0689. The van der Waals surface area contributed by atoms with E-state index in [1.165, 1.54) is 360 Å². The monoisotopic (exact) mass is 1110 g/mol. The first-order valence-electron chi connectivity index (χ1n) is 36.7. The largest absolute Gasteiger partial charge is 0.394 e. The van der Waals surface area contributed by atoms with Crippen molar-refractivity contribution >= 4 is 5.91 Å². The minimum absolute atomic E-state index is 0.0689. The van der Waals surface area contributed by atoms with Crippen LogP contribution in [0.1, 0.15) is 418 Å². The number of rotatable bonds is 69. The lowest BCUT2D eigenvalue weighted by atomic mass is 10.0. The van der Waals surface area contributed by atoms with Gasteiger partial charge in [0.2, 0.25) is 5.91 Å². The van der Waals surface area contributed by atoms with E-state index >= 15 is 0 Å². The maximum atomic E-state index is 12.5. The molecule has 4 nitrogen and oxygen atoms in total. The average molecular weight is 1110 g/mol. The maximum Gasteiger partial charge on any atom is 0.220 e. The van der Waals surface area contributed by atoms with Crippen molar-refractivity contribution in [2.24, 2.45) is 0 Å². The molecule has 0 aliphatic heterocycles. The normalized spacial score (nSPS) is 12.8. The molecule has 0 aromatic carbocycles. The highest BCUT2D eigenvalue weighted by molar-refractivity contribution is 5.76. The van der Waals surface area contributed by atoms with Gasteiger partial charge in [-0.05, 0) is 44.9 Å². The molecule has 0 radical (unpaired) electrons. The Labute approximate surface area is 497 Å². The Hall–Kier alpha value is -1.39. The van der Waals surface area contributed by atoms with Crippen LogP contribution in [0.5, 0.6) is 0 Å². The molecular weight excluding hydrogens is 963 g/mol. The molecule has 0 aliphatic rings. The highest BCUT2D eigenvalue weighted by Crippen LogP contribution is 2.20. The summed E-state index contributed by atoms with van der Waals surface area (Å²) in [5, 5.41) is 23.3. The first-order chi connectivity index (χ1) is 39.2. The van der Waals surface area contributed by atoms with Gasteiger partial charge >= 0.3 is 0 Å². The Balaban J connectivity index is 3.44. The molecule has 4 heteroatoms. The van der Waals surface area contributed by atoms with Crippen molar-refractivity contribution in [2.75, 3.05) is 6.61 Å². The fourth-order valence-corrected chi connectivity index (χ4v) is 11.8. The SMILES string of the molecule is CCCCCCCCCCCCCCCCCCCCCCC/C=C/CC/C=C/CC/C=C/C(O)C(CO)NC(=O)CCCCCCCCCCCCCCCCCCCCCCCCCCCCCCCCCCCCCC. The van der Waals surface area contributed by atoms with E-state index in [-0.39, 0.29) is 12.5 Å². The molecular formula is C75H145NO3. The Bertz CT molecular complexity index is 1210. The van der Waals surface area contributed by atoms with Crippen molar-refractivity contribution in [3.05, 3.63) is 36.5 Å². The van der Waals surface area contributed by atoms with Gasteiger partial charge in [0.15, 0.2) is 0 Å². The lowest BCUT2D eigenvalue weighted by Crippen LogP contribution is -2.45. The summed E-state index contributed by atoms with van der Waals surface area (Å²) in [6.07, 6.45) is 98.4. The summed E-state index contributed by atoms with van der Waals surface area (Å²) < 4.78 is 0. The topological polar surface area (TPSA) is 69.6 Å². The van der Waals surface area contributed by atoms with E-state index in [4.69, 9.17) is 0 Å². The molecule has 3 N–H and O–H groups in total. The molecule has 0 saturated heterocycles. The zero-order valence-electron chi connectivity index (χ0n) is 54.2. The van der Waals surface area contributed by atoms with Crippen LogP contribution in [-0.2, 0) is 4.79 Å². The molecule has 2 atom stereocenters. The number of carbonyl (C=O) groups is 1. The molecule has 2 unspecified atom stereocenters. The number of carbonyl (C=O) groups excluding carboxylic acids is 1. The van der Waals surface area contributed by atoms with Crippen molar-refractivity contribution in [2.45, 2.75) is 431 Å². The van der Waals surface area contributed by atoms with Gasteiger partial charge in [0.25, 0.3) is 0 Å². The first kappa shape index (κ1) is 77.6. The summed E-state index contributed by atoms with van der Waals surface area (Å²) in [4.78, 5) is 12.5. The summed E-state index contributed by atoms with van der Waals surface area (Å²) in [5.41, 5.74) is 0. The zero-order valence-corrected chi connectivity index (χ0v) is 54.2. The van der Waals surface area contributed by atoms with E-state index < -0.39 is 12.1 Å². The number of unbranched alkanes of at least 4 members (excludes halogenated alkanes) is 58. The van der Waals surface area contributed by atoms with E-state index in [2.05, 4.69) is 43.5 Å². The smallest absolute Gasteiger partial charge is 0.220 e. The molecule has 0 bridgehead atoms. The summed E-state index contributed by atoms with van der Waals surface area (Å²) in [7, 11) is 0. The number of amides is 1. The predicted octanol–water partition coefficient (Wildman–Crippen LogP) is 25.1. The third kappa shape index (κ3) is 67.3. The van der Waals surface area contributed by atoms with Crippen molar-refractivity contribution < 1.29 is 15.0 Å². The summed E-state index contributed by atoms with van der Waals surface area (Å²) >= 11 is 0. The number of nitrogens with one attached hydrogen (secondary N) is 1. The van der Waals surface area contributed by atoms with Crippen molar-refractivity contribution in [1.29, 1.82) is 0 Å². The van der Waals surface area contributed by atoms with E-state index in [1.54, 1.807) is 6.08 Å². The standard InChI is InChI=1S/C75H145NO3/c1-3-5-7-9-11-13-15-17-19-21-23-25-27-29-31-33-35-36-37-38-39-41-43-45-47-49-51-53-55-57-59-61-63-65-67-69-71-75(79)76-73(72-77)74(78)70-68-66-64-62-60-58-56-54-52-50-48-46-44-42-40-34-32-30-28-26-24-22-20-18-16-14-12-10-8-6-4-2/h52,54,60,62,68,70,73-74,77-78H,3-51,53,55-59,61,63-67,69,71-72H2,1-2H3,(H,76,79)/b54-52+,62-60+,70-68+. The molecule has 0 aromatic heterocycles. The fourth-order valence-electron chi connectivity index (χ4n) is 11.8. The fraction of sp³-hybridized carbons (Fsp3) is 0.907. The van der Waals surface area contributed by atoms with E-state index in [0.29, 0.717) is 6.42 Å². The predicted molar refractivity (Wildman–Crippen MR) is 355 cm³/mol. The molecule has 0 aromatic rings. The van der Waals surface area contributed by atoms with Crippen molar-refractivity contribution in [3.8, 4) is 0 Å². The lowest BCUT2D eigenvalue weighted by molar-refractivity contribution is -0.123. The van der Waals surface area contributed by atoms with Crippen LogP contribution in [0.4, 0.5) is 0 Å². The highest BCUT2D eigenvalue weighted by atomic mass is 16.3. The van der Waals surface area contributed by atoms with Crippen molar-refractivity contribution in [1.82, 2.24) is 5.32 Å². The number of hydrogen-bond acceptors (Lipinski definition) is 3. The van der Waals surface area contributed by atoms with Gasteiger partial charge in [-0.1, -0.05) is 403 Å². The van der Waals surface area contributed by atoms with Crippen LogP contribution in [0.2, 0.25) is 0 Å². The molecule has 0 spiro atoms. The lowest BCUT2D eigenvalue weighted by Gasteiger charge is -2.19. The number of aliphatic hydroxyl groups is 2. The highest BCUT2D eigenvalue weighted by Gasteiger charge is 2.18. The van der Waals surface area contributed by atoms with Crippen LogP contribution in [0, 0.1) is 0 Å². The summed E-state index contributed by atoms with van der Waals surface area (Å²) in [6, 6.07) is -0.646. The molecule has 0 heterocycles. The van der Waals surface area contributed by atoms with Crippen LogP contribution in [0.3, 0.4) is 0 Å². The van der Waals surface area contributed by atoms with Gasteiger partial charge in [0, 0.05) is 6.42 Å². The third-order valence-electron chi connectivity index (χ3n) is 17.4. The quantitative estimate of drug-likeness (QED) is 0.0420. The van der Waals surface area contributed by atoms with Crippen LogP contribution >= 0.6 is 0 Å². The van der Waals surface area contributed by atoms with Gasteiger partial charge in [-0.15, -0.1) is 0 Å². The van der Waals surface area contributed by atoms with Gasteiger partial charge in [-0.2, -0.15) is 0 Å². The Morgan fingerprint density at radius 2 is 0.494 bits per heavy atom. The Kier molecular flexibility index (Phi) is 69.6. The van der Waals surface area contributed by atoms with E-state index in [0.717, 1.165) is 38.5 Å². The Morgan fingerprint density at radius 1 is 0.291 bits per heavy atom. The first-order valence-corrected chi connectivity index (χ1v) is 36.7. The molecule has 0 rings (SSSR count). The maximum absolute atomic E-state index is 12.5. The zero-order chi connectivity index (χ0) is 56.9. The van der Waals surface area contributed by atoms with Gasteiger partial charge in [0.05, 0.1) is 18.8 Å². The van der Waals surface area contributed by atoms with Crippen LogP contribution < -0.4 is 5.32 Å². The average Bonchev–Trinajstić information content (AvgIpc) is 3.45. The number of allylic oxidation sites excluding steroid dienone is 5. The number of aliphatic hydroxyl groups excluding tert-OH is 2. The Morgan fingerprint density at radius 3 is 0.734 bits per heavy atom. The van der Waals surface area contributed by atoms with Crippen LogP contribution in [0.25, 0.3) is 0 Å². The second-order valence-corrected chi connectivity index (χ2v) is 25.4. The van der Waals surface area contributed by atoms with Gasteiger partial charge < -0.3 is 15.5 Å². The van der Waals surface area contributed by atoms with Gasteiger partial charge in [-0.3, -0.25) is 4.79 Å². The molecule has 0 aliphatic carbocycles. The van der Waals surface area contributed by atoms with Crippen LogP contribution in [0.15, 0.2) is 36.5 Å².